The molecule has 1 aliphatic carbocycles. The minimum absolute atomic E-state index is 0.00437. The first-order valence-electron chi connectivity index (χ1n) is 9.60. The zero-order valence-corrected chi connectivity index (χ0v) is 17.3. The molecule has 1 aliphatic rings. The Hall–Kier alpha value is -3.06. The second-order valence-corrected chi connectivity index (χ2v) is 7.41. The average molecular weight is 431 g/mol. The summed E-state index contributed by atoms with van der Waals surface area (Å²) in [6.07, 6.45) is 1.77. The van der Waals surface area contributed by atoms with E-state index in [4.69, 9.17) is 21.1 Å². The van der Waals surface area contributed by atoms with E-state index >= 15 is 0 Å². The Morgan fingerprint density at radius 1 is 1.13 bits per heavy atom. The lowest BCUT2D eigenvalue weighted by molar-refractivity contribution is -0.141. The van der Waals surface area contributed by atoms with Gasteiger partial charge in [0.15, 0.2) is 6.61 Å². The van der Waals surface area contributed by atoms with Crippen molar-refractivity contribution in [3.05, 3.63) is 59.1 Å². The number of esters is 1. The summed E-state index contributed by atoms with van der Waals surface area (Å²) in [6.45, 7) is -0.262. The molecule has 1 unspecified atom stereocenters. The van der Waals surface area contributed by atoms with Gasteiger partial charge in [0, 0.05) is 22.7 Å². The maximum absolute atomic E-state index is 12.4. The van der Waals surface area contributed by atoms with Crippen LogP contribution in [0, 0.1) is 5.92 Å². The number of carbonyl (C=O) groups excluding carboxylic acids is 3. The molecular formula is C22H23ClN2O5. The quantitative estimate of drug-likeness (QED) is 0.594. The number of hydrogen-bond donors (Lipinski definition) is 2. The van der Waals surface area contributed by atoms with Gasteiger partial charge < -0.3 is 20.1 Å². The predicted molar refractivity (Wildman–Crippen MR) is 112 cm³/mol. The zero-order valence-electron chi connectivity index (χ0n) is 16.5. The molecular weight excluding hydrogens is 408 g/mol. The normalized spacial score (nSPS) is 13.8. The van der Waals surface area contributed by atoms with Gasteiger partial charge in [-0.3, -0.25) is 14.4 Å². The Morgan fingerprint density at radius 3 is 2.60 bits per heavy atom. The lowest BCUT2D eigenvalue weighted by Crippen LogP contribution is -2.34. The van der Waals surface area contributed by atoms with Gasteiger partial charge >= 0.3 is 5.97 Å². The Morgan fingerprint density at radius 2 is 1.90 bits per heavy atom. The molecule has 158 valence electrons. The van der Waals surface area contributed by atoms with Crippen LogP contribution in [-0.4, -0.2) is 31.5 Å². The van der Waals surface area contributed by atoms with E-state index < -0.39 is 17.9 Å². The van der Waals surface area contributed by atoms with Crippen LogP contribution in [-0.2, 0) is 19.1 Å². The lowest BCUT2D eigenvalue weighted by atomic mass is 10.0. The fourth-order valence-electron chi connectivity index (χ4n) is 2.88. The van der Waals surface area contributed by atoms with Gasteiger partial charge in [-0.25, -0.2) is 0 Å². The van der Waals surface area contributed by atoms with Crippen LogP contribution in [0.4, 0.5) is 5.69 Å². The number of ether oxygens (including phenoxy) is 2. The molecule has 0 aliphatic heterocycles. The van der Waals surface area contributed by atoms with E-state index in [1.165, 1.54) is 7.11 Å². The fraction of sp³-hybridized carbons (Fsp3) is 0.318. The summed E-state index contributed by atoms with van der Waals surface area (Å²) >= 11 is 6.22. The summed E-state index contributed by atoms with van der Waals surface area (Å²) in [5, 5.41) is 6.03. The summed E-state index contributed by atoms with van der Waals surface area (Å²) in [7, 11) is 1.28. The SMILES string of the molecule is COC(=O)CC(NC(=O)COc1cccc(NC(=O)C2CC2)c1)c1ccccc1Cl. The molecule has 0 heterocycles. The monoisotopic (exact) mass is 430 g/mol. The average Bonchev–Trinajstić information content (AvgIpc) is 3.58. The van der Waals surface area contributed by atoms with Crippen molar-refractivity contribution in [2.45, 2.75) is 25.3 Å². The van der Waals surface area contributed by atoms with Gasteiger partial charge in [-0.1, -0.05) is 35.9 Å². The molecule has 2 N–H and O–H groups in total. The summed E-state index contributed by atoms with van der Waals surface area (Å²) in [6, 6.07) is 13.2. The van der Waals surface area contributed by atoms with Crippen molar-refractivity contribution in [1.29, 1.82) is 0 Å². The molecule has 3 rings (SSSR count). The highest BCUT2D eigenvalue weighted by Gasteiger charge is 2.29. The molecule has 30 heavy (non-hydrogen) atoms. The van der Waals surface area contributed by atoms with E-state index in [1.54, 1.807) is 48.5 Å². The molecule has 0 saturated heterocycles. The van der Waals surface area contributed by atoms with Gasteiger partial charge in [0.2, 0.25) is 5.91 Å². The predicted octanol–water partition coefficient (Wildman–Crippen LogP) is 3.49. The molecule has 2 amide bonds. The van der Waals surface area contributed by atoms with Crippen LogP contribution < -0.4 is 15.4 Å². The molecule has 8 heteroatoms. The maximum atomic E-state index is 12.4. The number of rotatable bonds is 9. The van der Waals surface area contributed by atoms with Gasteiger partial charge in [0.25, 0.3) is 5.91 Å². The van der Waals surface area contributed by atoms with Crippen LogP contribution in [0.5, 0.6) is 5.75 Å². The molecule has 1 fully saturated rings. The molecule has 1 saturated carbocycles. The van der Waals surface area contributed by atoms with Crippen molar-refractivity contribution in [3.8, 4) is 5.75 Å². The topological polar surface area (TPSA) is 93.7 Å². The number of nitrogens with one attached hydrogen (secondary N) is 2. The van der Waals surface area contributed by atoms with Gasteiger partial charge in [-0.15, -0.1) is 0 Å². The first-order chi connectivity index (χ1) is 14.5. The van der Waals surface area contributed by atoms with E-state index in [0.29, 0.717) is 22.0 Å². The summed E-state index contributed by atoms with van der Waals surface area (Å²) in [5.74, 6) is -0.357. The van der Waals surface area contributed by atoms with Crippen molar-refractivity contribution in [1.82, 2.24) is 5.32 Å². The molecule has 0 aromatic heterocycles. The molecule has 2 aromatic rings. The summed E-state index contributed by atoms with van der Waals surface area (Å²) in [5.41, 5.74) is 1.23. The minimum atomic E-state index is -0.647. The third kappa shape index (κ3) is 6.22. The van der Waals surface area contributed by atoms with E-state index in [2.05, 4.69) is 10.6 Å². The van der Waals surface area contributed by atoms with Gasteiger partial charge in [-0.2, -0.15) is 0 Å². The highest BCUT2D eigenvalue weighted by molar-refractivity contribution is 6.31. The molecule has 2 aromatic carbocycles. The fourth-order valence-corrected chi connectivity index (χ4v) is 3.15. The van der Waals surface area contributed by atoms with Crippen molar-refractivity contribution in [2.24, 2.45) is 5.92 Å². The zero-order chi connectivity index (χ0) is 21.5. The van der Waals surface area contributed by atoms with Crippen molar-refractivity contribution >= 4 is 35.1 Å². The lowest BCUT2D eigenvalue weighted by Gasteiger charge is -2.19. The highest BCUT2D eigenvalue weighted by Crippen LogP contribution is 2.30. The number of hydrogen-bond acceptors (Lipinski definition) is 5. The maximum Gasteiger partial charge on any atom is 0.307 e. The van der Waals surface area contributed by atoms with Crippen LogP contribution in [0.2, 0.25) is 5.02 Å². The van der Waals surface area contributed by atoms with Crippen LogP contribution >= 0.6 is 11.6 Å². The van der Waals surface area contributed by atoms with Crippen LogP contribution in [0.1, 0.15) is 30.9 Å². The highest BCUT2D eigenvalue weighted by atomic mass is 35.5. The summed E-state index contributed by atoms with van der Waals surface area (Å²) in [4.78, 5) is 36.1. The van der Waals surface area contributed by atoms with Gasteiger partial charge in [-0.05, 0) is 36.6 Å². The number of carbonyl (C=O) groups is 3. The van der Waals surface area contributed by atoms with Crippen molar-refractivity contribution < 1.29 is 23.9 Å². The third-order valence-corrected chi connectivity index (χ3v) is 4.98. The number of anilines is 1. The minimum Gasteiger partial charge on any atom is -0.484 e. The van der Waals surface area contributed by atoms with Crippen LogP contribution in [0.3, 0.4) is 0 Å². The largest absolute Gasteiger partial charge is 0.484 e. The Labute approximate surface area is 179 Å². The van der Waals surface area contributed by atoms with E-state index in [-0.39, 0.29) is 24.9 Å². The number of halogens is 1. The van der Waals surface area contributed by atoms with Crippen molar-refractivity contribution in [2.75, 3.05) is 19.0 Å². The molecule has 0 radical (unpaired) electrons. The first kappa shape index (κ1) is 21.6. The molecule has 0 spiro atoms. The van der Waals surface area contributed by atoms with E-state index in [1.807, 2.05) is 0 Å². The Bertz CT molecular complexity index is 929. The smallest absolute Gasteiger partial charge is 0.307 e. The third-order valence-electron chi connectivity index (χ3n) is 4.63. The first-order valence-corrected chi connectivity index (χ1v) is 9.98. The number of benzene rings is 2. The standard InChI is InChI=1S/C22H23ClN2O5/c1-29-21(27)12-19(17-7-2-3-8-18(17)23)25-20(26)13-30-16-6-4-5-15(11-16)24-22(28)14-9-10-14/h2-8,11,14,19H,9-10,12-13H2,1H3,(H,24,28)(H,25,26). The number of methoxy groups -OCH3 is 1. The second kappa shape index (κ2) is 10.1. The molecule has 0 bridgehead atoms. The molecule has 1 atom stereocenters. The summed E-state index contributed by atoms with van der Waals surface area (Å²) < 4.78 is 10.3. The van der Waals surface area contributed by atoms with Crippen molar-refractivity contribution in [3.63, 3.8) is 0 Å². The van der Waals surface area contributed by atoms with Crippen LogP contribution in [0.25, 0.3) is 0 Å². The van der Waals surface area contributed by atoms with E-state index in [0.717, 1.165) is 12.8 Å². The van der Waals surface area contributed by atoms with E-state index in [9.17, 15) is 14.4 Å². The van der Waals surface area contributed by atoms with Gasteiger partial charge in [0.05, 0.1) is 19.6 Å². The molecule has 7 nitrogen and oxygen atoms in total. The number of amides is 2. The Kier molecular flexibility index (Phi) is 7.30. The van der Waals surface area contributed by atoms with Gasteiger partial charge in [0.1, 0.15) is 5.75 Å². The van der Waals surface area contributed by atoms with Crippen LogP contribution in [0.15, 0.2) is 48.5 Å². The second-order valence-electron chi connectivity index (χ2n) is 7.00. The Balaban J connectivity index is 1.59.